The van der Waals surface area contributed by atoms with Crippen molar-refractivity contribution in [2.24, 2.45) is 0 Å². The lowest BCUT2D eigenvalue weighted by molar-refractivity contribution is -0.132. The number of carbonyl (C=O) groups is 1. The maximum Gasteiger partial charge on any atom is 0.237 e. The molecule has 0 spiro atoms. The summed E-state index contributed by atoms with van der Waals surface area (Å²) in [5, 5.41) is 0. The molecule has 24 heavy (non-hydrogen) atoms. The second kappa shape index (κ2) is 8.45. The van der Waals surface area contributed by atoms with Crippen LogP contribution in [0.4, 0.5) is 0 Å². The molecule has 1 aromatic rings. The fourth-order valence-electron chi connectivity index (χ4n) is 3.25. The Balaban J connectivity index is 1.53. The molecule has 0 atom stereocenters. The Morgan fingerprint density at radius 2 is 1.96 bits per heavy atom. The smallest absolute Gasteiger partial charge is 0.237 e. The van der Waals surface area contributed by atoms with Crippen molar-refractivity contribution in [2.45, 2.75) is 25.3 Å². The molecule has 0 bridgehead atoms. The SMILES string of the molecule is CN1CCCN(CC(=O)N(C/C=C/c2ccccc2)C2CC2)CC1. The van der Waals surface area contributed by atoms with E-state index in [0.717, 1.165) is 52.0 Å². The summed E-state index contributed by atoms with van der Waals surface area (Å²) < 4.78 is 0. The summed E-state index contributed by atoms with van der Waals surface area (Å²) in [5.41, 5.74) is 1.19. The van der Waals surface area contributed by atoms with E-state index in [4.69, 9.17) is 0 Å². The lowest BCUT2D eigenvalue weighted by Crippen LogP contribution is -2.42. The van der Waals surface area contributed by atoms with Crippen LogP contribution in [0.1, 0.15) is 24.8 Å². The van der Waals surface area contributed by atoms with Crippen LogP contribution in [-0.2, 0) is 4.79 Å². The van der Waals surface area contributed by atoms with Crippen molar-refractivity contribution in [1.82, 2.24) is 14.7 Å². The highest BCUT2D eigenvalue weighted by molar-refractivity contribution is 5.79. The molecule has 0 unspecified atom stereocenters. The monoisotopic (exact) mass is 327 g/mol. The summed E-state index contributed by atoms with van der Waals surface area (Å²) >= 11 is 0. The Hall–Kier alpha value is -1.65. The fourth-order valence-corrected chi connectivity index (χ4v) is 3.25. The molecule has 130 valence electrons. The van der Waals surface area contributed by atoms with E-state index >= 15 is 0 Å². The van der Waals surface area contributed by atoms with Crippen molar-refractivity contribution in [3.05, 3.63) is 42.0 Å². The first kappa shape index (κ1) is 17.2. The average molecular weight is 327 g/mol. The summed E-state index contributed by atoms with van der Waals surface area (Å²) in [6, 6.07) is 10.8. The summed E-state index contributed by atoms with van der Waals surface area (Å²) in [7, 11) is 2.16. The van der Waals surface area contributed by atoms with Gasteiger partial charge < -0.3 is 9.80 Å². The molecule has 0 N–H and O–H groups in total. The van der Waals surface area contributed by atoms with Crippen molar-refractivity contribution < 1.29 is 4.79 Å². The van der Waals surface area contributed by atoms with Gasteiger partial charge in [-0.1, -0.05) is 42.5 Å². The highest BCUT2D eigenvalue weighted by Crippen LogP contribution is 2.27. The molecule has 2 aliphatic rings. The Morgan fingerprint density at radius 1 is 1.17 bits per heavy atom. The second-order valence-corrected chi connectivity index (χ2v) is 7.02. The predicted molar refractivity (Wildman–Crippen MR) is 98.8 cm³/mol. The molecule has 2 fully saturated rings. The van der Waals surface area contributed by atoms with E-state index < -0.39 is 0 Å². The molecule has 1 aliphatic heterocycles. The van der Waals surface area contributed by atoms with E-state index in [9.17, 15) is 4.79 Å². The number of rotatable bonds is 6. The van der Waals surface area contributed by atoms with Gasteiger partial charge in [0.25, 0.3) is 0 Å². The van der Waals surface area contributed by atoms with E-state index in [0.29, 0.717) is 18.5 Å². The number of amides is 1. The van der Waals surface area contributed by atoms with Crippen LogP contribution in [0.15, 0.2) is 36.4 Å². The van der Waals surface area contributed by atoms with Gasteiger partial charge in [0.15, 0.2) is 0 Å². The van der Waals surface area contributed by atoms with E-state index in [1.165, 1.54) is 5.56 Å². The van der Waals surface area contributed by atoms with E-state index in [1.807, 2.05) is 18.2 Å². The van der Waals surface area contributed by atoms with Crippen LogP contribution in [-0.4, -0.2) is 73.0 Å². The van der Waals surface area contributed by atoms with Crippen molar-refractivity contribution in [1.29, 1.82) is 0 Å². The molecule has 1 heterocycles. The van der Waals surface area contributed by atoms with Crippen molar-refractivity contribution in [3.63, 3.8) is 0 Å². The average Bonchev–Trinajstić information content (AvgIpc) is 3.42. The molecule has 1 saturated carbocycles. The van der Waals surface area contributed by atoms with Gasteiger partial charge in [0.2, 0.25) is 5.91 Å². The maximum atomic E-state index is 12.8. The molecule has 0 radical (unpaired) electrons. The number of carbonyl (C=O) groups excluding carboxylic acids is 1. The molecule has 1 amide bonds. The van der Waals surface area contributed by atoms with Crippen molar-refractivity contribution >= 4 is 12.0 Å². The van der Waals surface area contributed by atoms with Crippen molar-refractivity contribution in [3.8, 4) is 0 Å². The largest absolute Gasteiger partial charge is 0.335 e. The molecule has 1 aliphatic carbocycles. The minimum absolute atomic E-state index is 0.291. The molecule has 1 aromatic carbocycles. The second-order valence-electron chi connectivity index (χ2n) is 7.02. The summed E-state index contributed by atoms with van der Waals surface area (Å²) in [6.45, 7) is 5.53. The molecule has 4 heteroatoms. The van der Waals surface area contributed by atoms with Crippen LogP contribution in [0.25, 0.3) is 6.08 Å². The van der Waals surface area contributed by atoms with Gasteiger partial charge in [-0.25, -0.2) is 0 Å². The zero-order valence-electron chi connectivity index (χ0n) is 14.7. The predicted octanol–water partition coefficient (Wildman–Crippen LogP) is 2.33. The summed E-state index contributed by atoms with van der Waals surface area (Å²) in [4.78, 5) is 19.5. The van der Waals surface area contributed by atoms with Gasteiger partial charge in [0.05, 0.1) is 6.54 Å². The quantitative estimate of drug-likeness (QED) is 0.802. The Kier molecular flexibility index (Phi) is 6.05. The van der Waals surface area contributed by atoms with Gasteiger partial charge in [-0.3, -0.25) is 9.69 Å². The molecular weight excluding hydrogens is 298 g/mol. The zero-order valence-corrected chi connectivity index (χ0v) is 14.7. The number of hydrogen-bond donors (Lipinski definition) is 0. The molecule has 0 aromatic heterocycles. The van der Waals surface area contributed by atoms with Gasteiger partial charge in [-0.15, -0.1) is 0 Å². The van der Waals surface area contributed by atoms with Crippen LogP contribution in [0.5, 0.6) is 0 Å². The van der Waals surface area contributed by atoms with Crippen LogP contribution >= 0.6 is 0 Å². The van der Waals surface area contributed by atoms with E-state index in [-0.39, 0.29) is 0 Å². The first-order chi connectivity index (χ1) is 11.7. The molecular formula is C20H29N3O. The third kappa shape index (κ3) is 5.18. The lowest BCUT2D eigenvalue weighted by Gasteiger charge is -2.26. The minimum atomic E-state index is 0.291. The van der Waals surface area contributed by atoms with Crippen LogP contribution in [0.2, 0.25) is 0 Å². The summed E-state index contributed by atoms with van der Waals surface area (Å²) in [5.74, 6) is 0.291. The van der Waals surface area contributed by atoms with Crippen LogP contribution in [0, 0.1) is 0 Å². The number of benzene rings is 1. The lowest BCUT2D eigenvalue weighted by atomic mass is 10.2. The molecule has 4 nitrogen and oxygen atoms in total. The third-order valence-electron chi connectivity index (χ3n) is 4.89. The number of likely N-dealkylation sites (N-methyl/N-ethyl adjacent to an activating group) is 1. The number of hydrogen-bond acceptors (Lipinski definition) is 3. The van der Waals surface area contributed by atoms with Gasteiger partial charge in [0, 0.05) is 25.7 Å². The Bertz CT molecular complexity index is 553. The fraction of sp³-hybridized carbons (Fsp3) is 0.550. The first-order valence-corrected chi connectivity index (χ1v) is 9.14. The maximum absolute atomic E-state index is 12.8. The summed E-state index contributed by atoms with van der Waals surface area (Å²) in [6.07, 6.45) is 7.72. The van der Waals surface area contributed by atoms with Gasteiger partial charge >= 0.3 is 0 Å². The van der Waals surface area contributed by atoms with Gasteiger partial charge in [0.1, 0.15) is 0 Å². The van der Waals surface area contributed by atoms with Crippen LogP contribution in [0.3, 0.4) is 0 Å². The third-order valence-corrected chi connectivity index (χ3v) is 4.89. The Labute approximate surface area is 145 Å². The highest BCUT2D eigenvalue weighted by atomic mass is 16.2. The standard InChI is InChI=1S/C20H29N3O/c1-21-12-6-13-22(16-15-21)17-20(24)23(19-10-11-19)14-5-9-18-7-3-2-4-8-18/h2-5,7-9,19H,6,10-17H2,1H3/b9-5+. The molecule has 3 rings (SSSR count). The van der Waals surface area contributed by atoms with Crippen LogP contribution < -0.4 is 0 Å². The highest BCUT2D eigenvalue weighted by Gasteiger charge is 2.32. The number of nitrogens with zero attached hydrogens (tertiary/aromatic N) is 3. The minimum Gasteiger partial charge on any atom is -0.335 e. The van der Waals surface area contributed by atoms with E-state index in [2.05, 4.69) is 46.0 Å². The van der Waals surface area contributed by atoms with Gasteiger partial charge in [-0.2, -0.15) is 0 Å². The normalized spacial score (nSPS) is 20.2. The van der Waals surface area contributed by atoms with E-state index in [1.54, 1.807) is 0 Å². The van der Waals surface area contributed by atoms with Crippen molar-refractivity contribution in [2.75, 3.05) is 46.3 Å². The topological polar surface area (TPSA) is 26.8 Å². The zero-order chi connectivity index (χ0) is 16.8. The Morgan fingerprint density at radius 3 is 2.71 bits per heavy atom. The van der Waals surface area contributed by atoms with Gasteiger partial charge in [-0.05, 0) is 45.0 Å². The molecule has 1 saturated heterocycles. The first-order valence-electron chi connectivity index (χ1n) is 9.14.